The summed E-state index contributed by atoms with van der Waals surface area (Å²) in [5.41, 5.74) is 11.4. The molecule has 0 aromatic carbocycles. The summed E-state index contributed by atoms with van der Waals surface area (Å²) in [6.07, 6.45) is 0.533. The Balaban J connectivity index is 3.98. The molecule has 0 aliphatic heterocycles. The van der Waals surface area contributed by atoms with Crippen molar-refractivity contribution in [3.8, 4) is 0 Å². The third-order valence-corrected chi connectivity index (χ3v) is 2.92. The van der Waals surface area contributed by atoms with E-state index in [1.807, 2.05) is 20.8 Å². The summed E-state index contributed by atoms with van der Waals surface area (Å²) in [5, 5.41) is 0. The van der Waals surface area contributed by atoms with Crippen molar-refractivity contribution in [1.82, 2.24) is 0 Å². The van der Waals surface area contributed by atoms with Crippen LogP contribution < -0.4 is 11.5 Å². The molecule has 0 saturated carbocycles. The molecule has 6 nitrogen and oxygen atoms in total. The van der Waals surface area contributed by atoms with Gasteiger partial charge in [-0.2, -0.15) is 0 Å². The van der Waals surface area contributed by atoms with Crippen LogP contribution in [0.15, 0.2) is 0 Å². The number of esters is 2. The highest BCUT2D eigenvalue weighted by molar-refractivity contribution is 5.77. The molecule has 106 valence electrons. The van der Waals surface area contributed by atoms with E-state index in [1.54, 1.807) is 0 Å². The highest BCUT2D eigenvalue weighted by atomic mass is 16.5. The lowest BCUT2D eigenvalue weighted by molar-refractivity contribution is -0.146. The molecule has 0 aromatic rings. The van der Waals surface area contributed by atoms with Gasteiger partial charge >= 0.3 is 11.9 Å². The molecule has 0 bridgehead atoms. The summed E-state index contributed by atoms with van der Waals surface area (Å²) >= 11 is 0. The Labute approximate surface area is 108 Å². The number of hydrogen-bond donors (Lipinski definition) is 2. The molecule has 0 aromatic heterocycles. The van der Waals surface area contributed by atoms with E-state index in [-0.39, 0.29) is 24.4 Å². The maximum Gasteiger partial charge on any atom is 0.500 e. The van der Waals surface area contributed by atoms with Crippen LogP contribution in [0.5, 0.6) is 0 Å². The van der Waals surface area contributed by atoms with Gasteiger partial charge in [-0.3, -0.25) is 4.79 Å². The van der Waals surface area contributed by atoms with Crippen molar-refractivity contribution < 1.29 is 19.1 Å². The van der Waals surface area contributed by atoms with Crippen molar-refractivity contribution in [2.24, 2.45) is 23.3 Å². The summed E-state index contributed by atoms with van der Waals surface area (Å²) < 4.78 is 9.70. The number of carbonyl (C=O) groups is 1. The molecule has 0 rings (SSSR count). The van der Waals surface area contributed by atoms with Crippen molar-refractivity contribution in [2.75, 3.05) is 13.7 Å². The predicted molar refractivity (Wildman–Crippen MR) is 69.5 cm³/mol. The largest absolute Gasteiger partial charge is 0.500 e. The molecule has 0 aliphatic rings. The molecule has 6 heteroatoms. The van der Waals surface area contributed by atoms with Crippen molar-refractivity contribution >= 4 is 11.9 Å². The SMILES string of the molecule is COC(=[OH+])C(N)C(C)CCOC(=O)[C@@H](N)C(C)C. The van der Waals surface area contributed by atoms with Crippen molar-refractivity contribution in [1.29, 1.82) is 0 Å². The Morgan fingerprint density at radius 3 is 2.22 bits per heavy atom. The lowest BCUT2D eigenvalue weighted by atomic mass is 10.00. The Bertz CT molecular complexity index is 281. The first-order chi connectivity index (χ1) is 8.31. The first kappa shape index (κ1) is 16.9. The average molecular weight is 261 g/mol. The lowest BCUT2D eigenvalue weighted by Crippen LogP contribution is -2.39. The summed E-state index contributed by atoms with van der Waals surface area (Å²) in [6, 6.07) is -1.19. The molecule has 0 fully saturated rings. The van der Waals surface area contributed by atoms with E-state index >= 15 is 0 Å². The Hall–Kier alpha value is -1.14. The normalized spacial score (nSPS) is 15.9. The molecule has 0 spiro atoms. The number of hydrogen-bond acceptors (Lipinski definition) is 5. The van der Waals surface area contributed by atoms with Gasteiger partial charge in [0.05, 0.1) is 6.61 Å². The van der Waals surface area contributed by atoms with Crippen LogP contribution in [0.4, 0.5) is 0 Å². The molecule has 0 heterocycles. The molecule has 0 aliphatic carbocycles. The van der Waals surface area contributed by atoms with E-state index in [9.17, 15) is 9.59 Å². The van der Waals surface area contributed by atoms with Crippen LogP contribution in [-0.2, 0) is 14.3 Å². The van der Waals surface area contributed by atoms with Crippen LogP contribution in [0.25, 0.3) is 0 Å². The smallest absolute Gasteiger partial charge is 0.465 e. The fraction of sp³-hybridized carbons (Fsp3) is 0.833. The molecule has 0 radical (unpaired) electrons. The van der Waals surface area contributed by atoms with Gasteiger partial charge in [-0.15, -0.1) is 0 Å². The monoisotopic (exact) mass is 261 g/mol. The van der Waals surface area contributed by atoms with E-state index in [0.29, 0.717) is 6.42 Å². The standard InChI is InChI=1S/C12H24N2O4/c1-7(2)9(13)12(16)18-6-5-8(3)10(14)11(15)17-4/h7-10H,5-6,13-14H2,1-4H3/p+1/t8?,9-,10?/m0/s1. The maximum absolute atomic E-state index is 11.5. The van der Waals surface area contributed by atoms with Crippen LogP contribution in [0.1, 0.15) is 27.2 Å². The number of carbonyl (C=O) groups excluding carboxylic acids is 2. The molecular weight excluding hydrogens is 236 g/mol. The first-order valence-corrected chi connectivity index (χ1v) is 6.08. The number of rotatable bonds is 7. The van der Waals surface area contributed by atoms with Gasteiger partial charge in [0.25, 0.3) is 0 Å². The van der Waals surface area contributed by atoms with Gasteiger partial charge < -0.3 is 25.7 Å². The van der Waals surface area contributed by atoms with E-state index in [0.717, 1.165) is 0 Å². The minimum atomic E-state index is -0.604. The molecular formula is C12H25N2O4+. The Morgan fingerprint density at radius 1 is 1.22 bits per heavy atom. The zero-order valence-electron chi connectivity index (χ0n) is 11.6. The summed E-state index contributed by atoms with van der Waals surface area (Å²) in [4.78, 5) is 20.8. The Kier molecular flexibility index (Phi) is 7.54. The van der Waals surface area contributed by atoms with Gasteiger partial charge in [0, 0.05) is 0 Å². The fourth-order valence-corrected chi connectivity index (χ4v) is 1.27. The Morgan fingerprint density at radius 2 is 1.78 bits per heavy atom. The molecule has 0 saturated heterocycles. The van der Waals surface area contributed by atoms with Gasteiger partial charge in [0.2, 0.25) is 0 Å². The van der Waals surface area contributed by atoms with Crippen molar-refractivity contribution in [3.63, 3.8) is 0 Å². The minimum absolute atomic E-state index is 0.0445. The van der Waals surface area contributed by atoms with Crippen molar-refractivity contribution in [3.05, 3.63) is 0 Å². The minimum Gasteiger partial charge on any atom is -0.465 e. The molecule has 2 unspecified atom stereocenters. The van der Waals surface area contributed by atoms with Crippen LogP contribution in [0, 0.1) is 11.8 Å². The van der Waals surface area contributed by atoms with Gasteiger partial charge in [0.1, 0.15) is 6.04 Å². The summed E-state index contributed by atoms with van der Waals surface area (Å²) in [7, 11) is 1.35. The quantitative estimate of drug-likeness (QED) is 0.496. The van der Waals surface area contributed by atoms with Crippen molar-refractivity contribution in [2.45, 2.75) is 39.3 Å². The lowest BCUT2D eigenvalue weighted by Gasteiger charge is -2.17. The maximum atomic E-state index is 11.5. The molecule has 5 N–H and O–H groups in total. The molecule has 3 atom stereocenters. The van der Waals surface area contributed by atoms with Gasteiger partial charge in [-0.05, 0) is 18.3 Å². The first-order valence-electron chi connectivity index (χ1n) is 6.08. The van der Waals surface area contributed by atoms with Crippen LogP contribution in [0.3, 0.4) is 0 Å². The summed E-state index contributed by atoms with van der Waals surface area (Å²) in [5.74, 6) is -0.644. The number of methoxy groups -OCH3 is 1. The fourth-order valence-electron chi connectivity index (χ4n) is 1.27. The number of ether oxygens (including phenoxy) is 2. The van der Waals surface area contributed by atoms with E-state index in [1.165, 1.54) is 7.11 Å². The van der Waals surface area contributed by atoms with Crippen LogP contribution in [-0.4, -0.2) is 42.5 Å². The van der Waals surface area contributed by atoms with Gasteiger partial charge in [-0.25, -0.2) is 0 Å². The van der Waals surface area contributed by atoms with Crippen LogP contribution >= 0.6 is 0 Å². The van der Waals surface area contributed by atoms with E-state index in [4.69, 9.17) is 16.2 Å². The highest BCUT2D eigenvalue weighted by Crippen LogP contribution is 2.09. The topological polar surface area (TPSA) is 109 Å². The second kappa shape index (κ2) is 8.05. The second-order valence-electron chi connectivity index (χ2n) is 4.77. The summed E-state index contributed by atoms with van der Waals surface area (Å²) in [6.45, 7) is 5.79. The number of nitrogens with two attached hydrogens (primary N) is 2. The predicted octanol–water partition coefficient (Wildman–Crippen LogP) is 0.0152. The zero-order valence-corrected chi connectivity index (χ0v) is 11.6. The van der Waals surface area contributed by atoms with Gasteiger partial charge in [-0.1, -0.05) is 20.8 Å². The van der Waals surface area contributed by atoms with E-state index < -0.39 is 18.1 Å². The molecule has 0 amide bonds. The third kappa shape index (κ3) is 5.46. The highest BCUT2D eigenvalue weighted by Gasteiger charge is 2.28. The third-order valence-electron chi connectivity index (χ3n) is 2.92. The average Bonchev–Trinajstić information content (AvgIpc) is 2.35. The second-order valence-corrected chi connectivity index (χ2v) is 4.77. The van der Waals surface area contributed by atoms with E-state index in [2.05, 4.69) is 4.74 Å². The zero-order chi connectivity index (χ0) is 14.3. The van der Waals surface area contributed by atoms with Gasteiger partial charge in [0.15, 0.2) is 13.2 Å². The molecule has 18 heavy (non-hydrogen) atoms. The van der Waals surface area contributed by atoms with Crippen LogP contribution in [0.2, 0.25) is 0 Å².